The van der Waals surface area contributed by atoms with Crippen molar-refractivity contribution in [1.82, 2.24) is 15.1 Å². The Morgan fingerprint density at radius 2 is 2.05 bits per heavy atom. The number of nitrogens with zero attached hydrogens (tertiary/aromatic N) is 2. The van der Waals surface area contributed by atoms with Crippen LogP contribution in [0.2, 0.25) is 0 Å². The molecule has 2 aliphatic rings. The Morgan fingerprint density at radius 3 is 2.52 bits per heavy atom. The number of carbonyl (C=O) groups is 3. The van der Waals surface area contributed by atoms with Crippen molar-refractivity contribution >= 4 is 17.9 Å². The molecule has 3 amide bonds. The van der Waals surface area contributed by atoms with Crippen LogP contribution in [0.3, 0.4) is 0 Å². The molecule has 2 N–H and O–H groups in total. The smallest absolute Gasteiger partial charge is 0.318 e. The third kappa shape index (κ3) is 2.96. The normalized spacial score (nSPS) is 29.3. The number of rotatable bonds is 3. The summed E-state index contributed by atoms with van der Waals surface area (Å²) in [4.78, 5) is 38.7. The van der Waals surface area contributed by atoms with Crippen LogP contribution in [0.15, 0.2) is 0 Å². The van der Waals surface area contributed by atoms with Crippen molar-refractivity contribution in [2.75, 3.05) is 19.6 Å². The Kier molecular flexibility index (Phi) is 4.11. The van der Waals surface area contributed by atoms with E-state index in [9.17, 15) is 19.5 Å². The fourth-order valence-corrected chi connectivity index (χ4v) is 2.90. The van der Waals surface area contributed by atoms with Gasteiger partial charge in [0.1, 0.15) is 6.04 Å². The number of carboxylic acids is 1. The average Bonchev–Trinajstić information content (AvgIpc) is 2.95. The van der Waals surface area contributed by atoms with E-state index in [2.05, 4.69) is 5.32 Å². The summed E-state index contributed by atoms with van der Waals surface area (Å²) in [6, 6.07) is -0.706. The maximum Gasteiger partial charge on any atom is 0.318 e. The first-order chi connectivity index (χ1) is 9.74. The molecule has 2 rings (SSSR count). The highest BCUT2D eigenvalue weighted by Gasteiger charge is 2.43. The molecule has 0 aromatic rings. The number of hydrogen-bond donors (Lipinski definition) is 2. The van der Waals surface area contributed by atoms with Crippen molar-refractivity contribution in [3.63, 3.8) is 0 Å². The number of likely N-dealkylation sites (tertiary alicyclic amines) is 2. The monoisotopic (exact) mass is 297 g/mol. The molecule has 0 saturated carbocycles. The minimum atomic E-state index is -0.888. The van der Waals surface area contributed by atoms with Gasteiger partial charge in [-0.05, 0) is 33.6 Å². The first kappa shape index (κ1) is 15.6. The van der Waals surface area contributed by atoms with Gasteiger partial charge in [-0.3, -0.25) is 9.59 Å². The first-order valence-corrected chi connectivity index (χ1v) is 7.34. The van der Waals surface area contributed by atoms with Crippen molar-refractivity contribution < 1.29 is 19.5 Å². The SMILES string of the molecule is CC(C)N1CCC(NC(=O)N2CCC(C)(C(=O)O)C2)C1=O. The molecule has 21 heavy (non-hydrogen) atoms. The van der Waals surface area contributed by atoms with Crippen molar-refractivity contribution in [2.45, 2.75) is 45.7 Å². The minimum absolute atomic E-state index is 0.0569. The number of carbonyl (C=O) groups excluding carboxylic acids is 2. The molecule has 2 unspecified atom stereocenters. The van der Waals surface area contributed by atoms with E-state index in [1.165, 1.54) is 4.90 Å². The Bertz CT molecular complexity index is 465. The fraction of sp³-hybridized carbons (Fsp3) is 0.786. The van der Waals surface area contributed by atoms with Crippen LogP contribution in [-0.2, 0) is 9.59 Å². The third-order valence-electron chi connectivity index (χ3n) is 4.44. The molecule has 0 aromatic heterocycles. The molecule has 0 spiro atoms. The summed E-state index contributed by atoms with van der Waals surface area (Å²) in [6.07, 6.45) is 1.04. The molecule has 7 nitrogen and oxygen atoms in total. The van der Waals surface area contributed by atoms with Crippen LogP contribution in [0.25, 0.3) is 0 Å². The molecule has 0 aliphatic carbocycles. The lowest BCUT2D eigenvalue weighted by atomic mass is 9.90. The van der Waals surface area contributed by atoms with E-state index >= 15 is 0 Å². The van der Waals surface area contributed by atoms with Crippen LogP contribution < -0.4 is 5.32 Å². The molecule has 118 valence electrons. The average molecular weight is 297 g/mol. The van der Waals surface area contributed by atoms with Crippen LogP contribution in [-0.4, -0.2) is 64.5 Å². The van der Waals surface area contributed by atoms with E-state index in [0.717, 1.165) is 0 Å². The molecular weight excluding hydrogens is 274 g/mol. The van der Waals surface area contributed by atoms with Crippen LogP contribution in [0, 0.1) is 5.41 Å². The zero-order valence-electron chi connectivity index (χ0n) is 12.8. The van der Waals surface area contributed by atoms with E-state index in [1.54, 1.807) is 11.8 Å². The highest BCUT2D eigenvalue weighted by atomic mass is 16.4. The number of aliphatic carboxylic acids is 1. The second-order valence-electron chi connectivity index (χ2n) is 6.45. The summed E-state index contributed by atoms with van der Waals surface area (Å²) >= 11 is 0. The number of urea groups is 1. The maximum atomic E-state index is 12.2. The molecule has 2 saturated heterocycles. The van der Waals surface area contributed by atoms with E-state index in [0.29, 0.717) is 25.9 Å². The summed E-state index contributed by atoms with van der Waals surface area (Å²) in [5, 5.41) is 11.9. The maximum absolute atomic E-state index is 12.2. The van der Waals surface area contributed by atoms with Crippen molar-refractivity contribution in [3.05, 3.63) is 0 Å². The first-order valence-electron chi connectivity index (χ1n) is 7.34. The Hall–Kier alpha value is -1.79. The van der Waals surface area contributed by atoms with Gasteiger partial charge >= 0.3 is 12.0 Å². The molecule has 2 fully saturated rings. The quantitative estimate of drug-likeness (QED) is 0.794. The fourth-order valence-electron chi connectivity index (χ4n) is 2.90. The Labute approximate surface area is 124 Å². The highest BCUT2D eigenvalue weighted by molar-refractivity contribution is 5.89. The second kappa shape index (κ2) is 5.54. The van der Waals surface area contributed by atoms with E-state index in [-0.39, 0.29) is 24.5 Å². The van der Waals surface area contributed by atoms with Gasteiger partial charge < -0.3 is 20.2 Å². The van der Waals surface area contributed by atoms with Crippen molar-refractivity contribution in [3.8, 4) is 0 Å². The van der Waals surface area contributed by atoms with Crippen LogP contribution in [0.5, 0.6) is 0 Å². The molecule has 0 aromatic carbocycles. The molecule has 2 atom stereocenters. The van der Waals surface area contributed by atoms with E-state index in [4.69, 9.17) is 0 Å². The summed E-state index contributed by atoms with van der Waals surface area (Å²) in [5.74, 6) is -0.945. The highest BCUT2D eigenvalue weighted by Crippen LogP contribution is 2.30. The van der Waals surface area contributed by atoms with Gasteiger partial charge in [0.25, 0.3) is 0 Å². The van der Waals surface area contributed by atoms with Gasteiger partial charge in [0, 0.05) is 25.7 Å². The van der Waals surface area contributed by atoms with E-state index < -0.39 is 17.4 Å². The summed E-state index contributed by atoms with van der Waals surface area (Å²) < 4.78 is 0. The predicted octanol–water partition coefficient (Wildman–Crippen LogP) is 0.502. The van der Waals surface area contributed by atoms with Crippen LogP contribution in [0.4, 0.5) is 4.79 Å². The van der Waals surface area contributed by atoms with Gasteiger partial charge in [0.05, 0.1) is 5.41 Å². The molecule has 0 bridgehead atoms. The number of hydrogen-bond acceptors (Lipinski definition) is 3. The van der Waals surface area contributed by atoms with Gasteiger partial charge in [-0.15, -0.1) is 0 Å². The van der Waals surface area contributed by atoms with Gasteiger partial charge in [0.15, 0.2) is 0 Å². The summed E-state index contributed by atoms with van der Waals surface area (Å²) in [6.45, 7) is 6.77. The predicted molar refractivity (Wildman–Crippen MR) is 75.7 cm³/mol. The lowest BCUT2D eigenvalue weighted by Crippen LogP contribution is -2.48. The summed E-state index contributed by atoms with van der Waals surface area (Å²) in [7, 11) is 0. The van der Waals surface area contributed by atoms with Crippen molar-refractivity contribution in [2.24, 2.45) is 5.41 Å². The van der Waals surface area contributed by atoms with Gasteiger partial charge in [-0.2, -0.15) is 0 Å². The molecule has 7 heteroatoms. The number of nitrogens with one attached hydrogen (secondary N) is 1. The molecule has 2 heterocycles. The van der Waals surface area contributed by atoms with Gasteiger partial charge in [0.2, 0.25) is 5.91 Å². The largest absolute Gasteiger partial charge is 0.481 e. The Balaban J connectivity index is 1.92. The van der Waals surface area contributed by atoms with E-state index in [1.807, 2.05) is 13.8 Å². The third-order valence-corrected chi connectivity index (χ3v) is 4.44. The minimum Gasteiger partial charge on any atom is -0.481 e. The second-order valence-corrected chi connectivity index (χ2v) is 6.45. The standard InChI is InChI=1S/C14H23N3O4/c1-9(2)17-6-4-10(11(17)18)15-13(21)16-7-5-14(3,8-16)12(19)20/h9-10H,4-8H2,1-3H3,(H,15,21)(H,19,20). The van der Waals surface area contributed by atoms with Gasteiger partial charge in [-0.25, -0.2) is 4.79 Å². The Morgan fingerprint density at radius 1 is 1.38 bits per heavy atom. The topological polar surface area (TPSA) is 90.0 Å². The lowest BCUT2D eigenvalue weighted by molar-refractivity contribution is -0.147. The lowest BCUT2D eigenvalue weighted by Gasteiger charge is -2.23. The molecule has 0 radical (unpaired) electrons. The van der Waals surface area contributed by atoms with Crippen LogP contribution in [0.1, 0.15) is 33.6 Å². The zero-order valence-corrected chi connectivity index (χ0v) is 12.8. The number of amides is 3. The van der Waals surface area contributed by atoms with Crippen LogP contribution >= 0.6 is 0 Å². The summed E-state index contributed by atoms with van der Waals surface area (Å²) in [5.41, 5.74) is -0.888. The van der Waals surface area contributed by atoms with Crippen molar-refractivity contribution in [1.29, 1.82) is 0 Å². The molecule has 2 aliphatic heterocycles. The zero-order chi connectivity index (χ0) is 15.8. The number of carboxylic acid groups (broad SMARTS) is 1. The molecular formula is C14H23N3O4. The van der Waals surface area contributed by atoms with Gasteiger partial charge in [-0.1, -0.05) is 0 Å².